The Hall–Kier alpha value is -3.00. The lowest BCUT2D eigenvalue weighted by Crippen LogP contribution is -2.06. The van der Waals surface area contributed by atoms with Crippen molar-refractivity contribution < 1.29 is 18.5 Å². The van der Waals surface area contributed by atoms with Gasteiger partial charge in [-0.15, -0.1) is 0 Å². The number of benzene rings is 1. The highest BCUT2D eigenvalue weighted by Gasteiger charge is 2.13. The van der Waals surface area contributed by atoms with Crippen LogP contribution in [0, 0.1) is 0 Å². The molecule has 126 valence electrons. The SMILES string of the molecule is O=C(CCc1nc(-c2ccsc2)no1)OCc1nc2ccccc2o1. The van der Waals surface area contributed by atoms with E-state index in [1.54, 1.807) is 11.3 Å². The van der Waals surface area contributed by atoms with Crippen LogP contribution >= 0.6 is 11.3 Å². The smallest absolute Gasteiger partial charge is 0.306 e. The zero-order chi connectivity index (χ0) is 17.1. The summed E-state index contributed by atoms with van der Waals surface area (Å²) in [5, 5.41) is 7.77. The zero-order valence-electron chi connectivity index (χ0n) is 13.0. The molecule has 0 atom stereocenters. The number of rotatable bonds is 6. The van der Waals surface area contributed by atoms with Crippen LogP contribution in [0.2, 0.25) is 0 Å². The lowest BCUT2D eigenvalue weighted by molar-refractivity contribution is -0.145. The molecule has 0 saturated heterocycles. The van der Waals surface area contributed by atoms with Gasteiger partial charge in [-0.05, 0) is 23.6 Å². The third-order valence-electron chi connectivity index (χ3n) is 3.49. The first-order valence-electron chi connectivity index (χ1n) is 7.63. The molecular formula is C17H13N3O4S. The maximum atomic E-state index is 11.9. The van der Waals surface area contributed by atoms with Crippen molar-refractivity contribution in [3.05, 3.63) is 52.9 Å². The van der Waals surface area contributed by atoms with Crippen LogP contribution in [-0.2, 0) is 22.6 Å². The minimum absolute atomic E-state index is 0.00248. The van der Waals surface area contributed by atoms with Crippen LogP contribution in [0.25, 0.3) is 22.5 Å². The van der Waals surface area contributed by atoms with Crippen molar-refractivity contribution >= 4 is 28.4 Å². The average Bonchev–Trinajstić information content (AvgIpc) is 3.37. The van der Waals surface area contributed by atoms with Crippen LogP contribution in [0.5, 0.6) is 0 Å². The molecule has 0 aliphatic heterocycles. The highest BCUT2D eigenvalue weighted by Crippen LogP contribution is 2.19. The molecule has 1 aromatic carbocycles. The molecule has 0 N–H and O–H groups in total. The van der Waals surface area contributed by atoms with Gasteiger partial charge in [0.1, 0.15) is 5.52 Å². The standard InChI is InChI=1S/C17H13N3O4S/c21-16(22-9-15-18-12-3-1-2-4-13(12)23-15)6-5-14-19-17(20-24-14)11-7-8-25-10-11/h1-4,7-8,10H,5-6,9H2. The number of aromatic nitrogens is 3. The summed E-state index contributed by atoms with van der Waals surface area (Å²) in [5.74, 6) is 0.917. The minimum Gasteiger partial charge on any atom is -0.456 e. The number of carbonyl (C=O) groups excluding carboxylic acids is 1. The number of aryl methyl sites for hydroxylation is 1. The summed E-state index contributed by atoms with van der Waals surface area (Å²) >= 11 is 1.56. The molecule has 25 heavy (non-hydrogen) atoms. The number of hydrogen-bond acceptors (Lipinski definition) is 8. The van der Waals surface area contributed by atoms with Crippen molar-refractivity contribution in [3.63, 3.8) is 0 Å². The number of carbonyl (C=O) groups is 1. The molecule has 0 spiro atoms. The Labute approximate surface area is 146 Å². The lowest BCUT2D eigenvalue weighted by atomic mass is 10.3. The molecule has 0 fully saturated rings. The van der Waals surface area contributed by atoms with Gasteiger partial charge in [0, 0.05) is 17.4 Å². The molecule has 3 heterocycles. The molecule has 0 aliphatic carbocycles. The molecule has 0 amide bonds. The zero-order valence-corrected chi connectivity index (χ0v) is 13.9. The van der Waals surface area contributed by atoms with Crippen molar-refractivity contribution in [2.45, 2.75) is 19.4 Å². The van der Waals surface area contributed by atoms with Gasteiger partial charge in [0.05, 0.1) is 6.42 Å². The van der Waals surface area contributed by atoms with Crippen molar-refractivity contribution in [2.24, 2.45) is 0 Å². The number of oxazole rings is 1. The molecule has 0 aliphatic rings. The second-order valence-corrected chi connectivity index (χ2v) is 6.04. The van der Waals surface area contributed by atoms with Crippen molar-refractivity contribution in [3.8, 4) is 11.4 Å². The van der Waals surface area contributed by atoms with Crippen LogP contribution in [0.4, 0.5) is 0 Å². The van der Waals surface area contributed by atoms with Crippen molar-refractivity contribution in [2.75, 3.05) is 0 Å². The number of para-hydroxylation sites is 2. The topological polar surface area (TPSA) is 91.2 Å². The summed E-state index contributed by atoms with van der Waals surface area (Å²) in [5.41, 5.74) is 2.30. The molecular weight excluding hydrogens is 342 g/mol. The van der Waals surface area contributed by atoms with Gasteiger partial charge in [-0.3, -0.25) is 4.79 Å². The maximum absolute atomic E-state index is 11.9. The third-order valence-corrected chi connectivity index (χ3v) is 4.17. The fourth-order valence-corrected chi connectivity index (χ4v) is 2.90. The first kappa shape index (κ1) is 15.5. The first-order valence-corrected chi connectivity index (χ1v) is 8.57. The van der Waals surface area contributed by atoms with E-state index in [0.717, 1.165) is 11.1 Å². The second-order valence-electron chi connectivity index (χ2n) is 5.26. The molecule has 0 saturated carbocycles. The van der Waals surface area contributed by atoms with Gasteiger partial charge in [0.25, 0.3) is 0 Å². The molecule has 0 unspecified atom stereocenters. The number of ether oxygens (including phenoxy) is 1. The van der Waals surface area contributed by atoms with Gasteiger partial charge in [-0.2, -0.15) is 16.3 Å². The molecule has 7 nitrogen and oxygen atoms in total. The average molecular weight is 355 g/mol. The summed E-state index contributed by atoms with van der Waals surface area (Å²) in [6.45, 7) is -0.00248. The third kappa shape index (κ3) is 3.58. The quantitative estimate of drug-likeness (QED) is 0.488. The van der Waals surface area contributed by atoms with Crippen LogP contribution < -0.4 is 0 Å². The van der Waals surface area contributed by atoms with Crippen LogP contribution in [0.3, 0.4) is 0 Å². The van der Waals surface area contributed by atoms with Gasteiger partial charge < -0.3 is 13.7 Å². The summed E-state index contributed by atoms with van der Waals surface area (Å²) in [7, 11) is 0. The predicted octanol–water partition coefficient (Wildman–Crippen LogP) is 3.62. The van der Waals surface area contributed by atoms with E-state index >= 15 is 0 Å². The number of fused-ring (bicyclic) bond motifs is 1. The Morgan fingerprint density at radius 1 is 1.16 bits per heavy atom. The molecule has 3 aromatic heterocycles. The van der Waals surface area contributed by atoms with E-state index < -0.39 is 0 Å². The van der Waals surface area contributed by atoms with Crippen LogP contribution in [0.1, 0.15) is 18.2 Å². The molecule has 4 rings (SSSR count). The predicted molar refractivity (Wildman–Crippen MR) is 89.7 cm³/mol. The van der Waals surface area contributed by atoms with E-state index in [1.165, 1.54) is 0 Å². The summed E-state index contributed by atoms with van der Waals surface area (Å²) in [4.78, 5) is 20.4. The van der Waals surface area contributed by atoms with Gasteiger partial charge in [0.15, 0.2) is 12.2 Å². The summed E-state index contributed by atoms with van der Waals surface area (Å²) in [6, 6.07) is 9.29. The Kier molecular flexibility index (Phi) is 4.26. The first-order chi connectivity index (χ1) is 12.3. The fraction of sp³-hybridized carbons (Fsp3) is 0.176. The number of esters is 1. The van der Waals surface area contributed by atoms with Gasteiger partial charge in [-0.25, -0.2) is 4.98 Å². The molecule has 0 bridgehead atoms. The van der Waals surface area contributed by atoms with Gasteiger partial charge >= 0.3 is 5.97 Å². The van der Waals surface area contributed by atoms with E-state index in [0.29, 0.717) is 29.6 Å². The van der Waals surface area contributed by atoms with E-state index in [4.69, 9.17) is 13.7 Å². The van der Waals surface area contributed by atoms with Gasteiger partial charge in [-0.1, -0.05) is 17.3 Å². The Morgan fingerprint density at radius 2 is 2.08 bits per heavy atom. The van der Waals surface area contributed by atoms with E-state index in [-0.39, 0.29) is 19.0 Å². The summed E-state index contributed by atoms with van der Waals surface area (Å²) < 4.78 is 15.8. The van der Waals surface area contributed by atoms with Gasteiger partial charge in [0.2, 0.25) is 17.6 Å². The Balaban J connectivity index is 1.29. The molecule has 4 aromatic rings. The van der Waals surface area contributed by atoms with Crippen LogP contribution in [0.15, 0.2) is 50.0 Å². The maximum Gasteiger partial charge on any atom is 0.306 e. The second kappa shape index (κ2) is 6.86. The fourth-order valence-electron chi connectivity index (χ4n) is 2.27. The molecule has 0 radical (unpaired) electrons. The largest absolute Gasteiger partial charge is 0.456 e. The van der Waals surface area contributed by atoms with E-state index in [1.807, 2.05) is 41.1 Å². The van der Waals surface area contributed by atoms with Crippen molar-refractivity contribution in [1.29, 1.82) is 0 Å². The van der Waals surface area contributed by atoms with E-state index in [2.05, 4.69) is 15.1 Å². The number of nitrogens with zero attached hydrogens (tertiary/aromatic N) is 3. The van der Waals surface area contributed by atoms with Crippen LogP contribution in [-0.4, -0.2) is 21.1 Å². The monoisotopic (exact) mass is 355 g/mol. The number of hydrogen-bond donors (Lipinski definition) is 0. The van der Waals surface area contributed by atoms with E-state index in [9.17, 15) is 4.79 Å². The normalized spacial score (nSPS) is 11.0. The van der Waals surface area contributed by atoms with Crippen molar-refractivity contribution in [1.82, 2.24) is 15.1 Å². The number of thiophene rings is 1. The summed E-state index contributed by atoms with van der Waals surface area (Å²) in [6.07, 6.45) is 0.467. The Bertz CT molecular complexity index is 957. The Morgan fingerprint density at radius 3 is 2.92 bits per heavy atom. The highest BCUT2D eigenvalue weighted by atomic mass is 32.1. The minimum atomic E-state index is -0.377. The highest BCUT2D eigenvalue weighted by molar-refractivity contribution is 7.08. The molecule has 8 heteroatoms. The lowest BCUT2D eigenvalue weighted by Gasteiger charge is -2.00.